The molecule has 0 aliphatic rings. The molecule has 0 heterocycles. The molecule has 1 unspecified atom stereocenters. The van der Waals surface area contributed by atoms with E-state index in [-0.39, 0.29) is 17.3 Å². The minimum absolute atomic E-state index is 0.0105. The fourth-order valence-electron chi connectivity index (χ4n) is 1.77. The molecular weight excluding hydrogens is 263 g/mol. The summed E-state index contributed by atoms with van der Waals surface area (Å²) in [7, 11) is 0. The van der Waals surface area contributed by atoms with Crippen LogP contribution in [0.4, 0.5) is 14.9 Å². The molecule has 0 fully saturated rings. The van der Waals surface area contributed by atoms with Crippen LogP contribution in [0.15, 0.2) is 18.2 Å². The number of amides is 2. The number of carboxylic acid groups (broad SMARTS) is 1. The molecule has 0 saturated heterocycles. The maximum absolute atomic E-state index is 13.0. The van der Waals surface area contributed by atoms with E-state index in [1.165, 1.54) is 6.07 Å². The highest BCUT2D eigenvalue weighted by Crippen LogP contribution is 2.17. The highest BCUT2D eigenvalue weighted by molar-refractivity contribution is 6.00. The molecule has 1 rings (SSSR count). The monoisotopic (exact) mass is 282 g/mol. The molecular formula is C14H19FN2O3. The maximum Gasteiger partial charge on any atom is 0.337 e. The first kappa shape index (κ1) is 15.9. The van der Waals surface area contributed by atoms with E-state index in [9.17, 15) is 14.0 Å². The molecule has 0 spiro atoms. The van der Waals surface area contributed by atoms with Crippen molar-refractivity contribution in [2.45, 2.75) is 39.2 Å². The minimum atomic E-state index is -1.29. The van der Waals surface area contributed by atoms with Crippen LogP contribution in [0, 0.1) is 5.82 Å². The average molecular weight is 282 g/mol. The number of nitrogens with one attached hydrogen (secondary N) is 2. The highest BCUT2D eigenvalue weighted by atomic mass is 19.1. The number of rotatable bonds is 6. The van der Waals surface area contributed by atoms with Gasteiger partial charge in [0.25, 0.3) is 0 Å². The summed E-state index contributed by atoms with van der Waals surface area (Å²) in [4.78, 5) is 22.7. The number of carbonyl (C=O) groups is 2. The molecule has 3 N–H and O–H groups in total. The Morgan fingerprint density at radius 3 is 2.70 bits per heavy atom. The van der Waals surface area contributed by atoms with Gasteiger partial charge in [0.05, 0.1) is 11.3 Å². The molecule has 110 valence electrons. The summed E-state index contributed by atoms with van der Waals surface area (Å²) in [5.74, 6) is -1.96. The molecule has 5 nitrogen and oxygen atoms in total. The first-order chi connectivity index (χ1) is 9.43. The predicted octanol–water partition coefficient (Wildman–Crippen LogP) is 3.22. The third-order valence-corrected chi connectivity index (χ3v) is 2.83. The van der Waals surface area contributed by atoms with Crippen LogP contribution < -0.4 is 10.6 Å². The van der Waals surface area contributed by atoms with Crippen molar-refractivity contribution in [1.29, 1.82) is 0 Å². The summed E-state index contributed by atoms with van der Waals surface area (Å²) < 4.78 is 13.0. The van der Waals surface area contributed by atoms with Crippen LogP contribution in [0.2, 0.25) is 0 Å². The normalized spacial score (nSPS) is 11.8. The van der Waals surface area contributed by atoms with Crippen molar-refractivity contribution in [3.05, 3.63) is 29.6 Å². The van der Waals surface area contributed by atoms with Crippen molar-refractivity contribution in [2.75, 3.05) is 5.32 Å². The topological polar surface area (TPSA) is 78.4 Å². The van der Waals surface area contributed by atoms with Crippen LogP contribution in [-0.2, 0) is 0 Å². The largest absolute Gasteiger partial charge is 0.478 e. The van der Waals surface area contributed by atoms with Crippen LogP contribution in [0.1, 0.15) is 43.5 Å². The van der Waals surface area contributed by atoms with Gasteiger partial charge in [-0.2, -0.15) is 0 Å². The predicted molar refractivity (Wildman–Crippen MR) is 74.5 cm³/mol. The lowest BCUT2D eigenvalue weighted by Gasteiger charge is -2.15. The lowest BCUT2D eigenvalue weighted by molar-refractivity contribution is 0.0697. The number of urea groups is 1. The summed E-state index contributed by atoms with van der Waals surface area (Å²) >= 11 is 0. The van der Waals surface area contributed by atoms with Gasteiger partial charge in [-0.1, -0.05) is 19.8 Å². The molecule has 20 heavy (non-hydrogen) atoms. The average Bonchev–Trinajstić information content (AvgIpc) is 2.38. The molecule has 1 aromatic carbocycles. The molecule has 0 aromatic heterocycles. The van der Waals surface area contributed by atoms with Crippen molar-refractivity contribution in [2.24, 2.45) is 0 Å². The van der Waals surface area contributed by atoms with E-state index in [2.05, 4.69) is 17.6 Å². The Bertz CT molecular complexity index is 491. The zero-order valence-corrected chi connectivity index (χ0v) is 11.6. The molecule has 6 heteroatoms. The summed E-state index contributed by atoms with van der Waals surface area (Å²) in [5.41, 5.74) is -0.208. The molecule has 1 aromatic rings. The first-order valence-corrected chi connectivity index (χ1v) is 6.54. The number of hydrogen-bond acceptors (Lipinski definition) is 2. The molecule has 2 amide bonds. The summed E-state index contributed by atoms with van der Waals surface area (Å²) in [6.07, 6.45) is 2.88. The van der Waals surface area contributed by atoms with Gasteiger partial charge in [0.1, 0.15) is 5.82 Å². The molecule has 0 radical (unpaired) electrons. The van der Waals surface area contributed by atoms with Crippen molar-refractivity contribution in [1.82, 2.24) is 5.32 Å². The molecule has 0 aliphatic heterocycles. The van der Waals surface area contributed by atoms with Crippen LogP contribution in [0.25, 0.3) is 0 Å². The zero-order valence-electron chi connectivity index (χ0n) is 11.6. The van der Waals surface area contributed by atoms with Gasteiger partial charge in [-0.3, -0.25) is 0 Å². The van der Waals surface area contributed by atoms with Gasteiger partial charge in [0.2, 0.25) is 0 Å². The van der Waals surface area contributed by atoms with E-state index < -0.39 is 17.8 Å². The Hall–Kier alpha value is -2.11. The number of benzene rings is 1. The second-order valence-electron chi connectivity index (χ2n) is 4.64. The lowest BCUT2D eigenvalue weighted by atomic mass is 10.1. The second kappa shape index (κ2) is 7.47. The Morgan fingerprint density at radius 1 is 1.40 bits per heavy atom. The standard InChI is InChI=1S/C14H19FN2O3/c1-3-4-5-9(2)16-14(20)17-12-7-6-10(15)8-11(12)13(18)19/h6-9H,3-5H2,1-2H3,(H,18,19)(H2,16,17,20). The van der Waals surface area contributed by atoms with Crippen LogP contribution in [-0.4, -0.2) is 23.1 Å². The number of halogens is 1. The van der Waals surface area contributed by atoms with Gasteiger partial charge in [0, 0.05) is 6.04 Å². The number of carboxylic acids is 1. The van der Waals surface area contributed by atoms with Crippen molar-refractivity contribution in [3.63, 3.8) is 0 Å². The van der Waals surface area contributed by atoms with E-state index >= 15 is 0 Å². The number of carbonyl (C=O) groups excluding carboxylic acids is 1. The van der Waals surface area contributed by atoms with Gasteiger partial charge >= 0.3 is 12.0 Å². The number of hydrogen-bond donors (Lipinski definition) is 3. The third kappa shape index (κ3) is 4.87. The maximum atomic E-state index is 13.0. The van der Waals surface area contributed by atoms with Crippen molar-refractivity contribution in [3.8, 4) is 0 Å². The van der Waals surface area contributed by atoms with E-state index in [0.29, 0.717) is 0 Å². The summed E-state index contributed by atoms with van der Waals surface area (Å²) in [6, 6.07) is 2.70. The zero-order chi connectivity index (χ0) is 15.1. The summed E-state index contributed by atoms with van der Waals surface area (Å²) in [6.45, 7) is 3.93. The number of unbranched alkanes of at least 4 members (excludes halogenated alkanes) is 1. The number of anilines is 1. The van der Waals surface area contributed by atoms with E-state index in [0.717, 1.165) is 31.4 Å². The minimum Gasteiger partial charge on any atom is -0.478 e. The van der Waals surface area contributed by atoms with Crippen molar-refractivity contribution < 1.29 is 19.1 Å². The Balaban J connectivity index is 2.68. The summed E-state index contributed by atoms with van der Waals surface area (Å²) in [5, 5.41) is 14.1. The molecule has 0 aliphatic carbocycles. The molecule has 1 atom stereocenters. The van der Waals surface area contributed by atoms with Crippen LogP contribution in [0.5, 0.6) is 0 Å². The molecule has 0 bridgehead atoms. The van der Waals surface area contributed by atoms with Gasteiger partial charge in [-0.25, -0.2) is 14.0 Å². The fraction of sp³-hybridized carbons (Fsp3) is 0.429. The Kier molecular flexibility index (Phi) is 5.96. The van der Waals surface area contributed by atoms with Crippen molar-refractivity contribution >= 4 is 17.7 Å². The molecule has 0 saturated carbocycles. The van der Waals surface area contributed by atoms with Gasteiger partial charge < -0.3 is 15.7 Å². The van der Waals surface area contributed by atoms with Crippen LogP contribution >= 0.6 is 0 Å². The fourth-order valence-corrected chi connectivity index (χ4v) is 1.77. The van der Waals surface area contributed by atoms with Gasteiger partial charge in [-0.15, -0.1) is 0 Å². The smallest absolute Gasteiger partial charge is 0.337 e. The SMILES string of the molecule is CCCCC(C)NC(=O)Nc1ccc(F)cc1C(=O)O. The quantitative estimate of drug-likeness (QED) is 0.749. The van der Waals surface area contributed by atoms with E-state index in [1.807, 2.05) is 6.92 Å². The van der Waals surface area contributed by atoms with Gasteiger partial charge in [0.15, 0.2) is 0 Å². The highest BCUT2D eigenvalue weighted by Gasteiger charge is 2.14. The number of aromatic carboxylic acids is 1. The first-order valence-electron chi connectivity index (χ1n) is 6.54. The van der Waals surface area contributed by atoms with Gasteiger partial charge in [-0.05, 0) is 31.5 Å². The second-order valence-corrected chi connectivity index (χ2v) is 4.64. The Labute approximate surface area is 117 Å². The van der Waals surface area contributed by atoms with E-state index in [1.54, 1.807) is 0 Å². The lowest BCUT2D eigenvalue weighted by Crippen LogP contribution is -2.36. The Morgan fingerprint density at radius 2 is 2.10 bits per heavy atom. The van der Waals surface area contributed by atoms with E-state index in [4.69, 9.17) is 5.11 Å². The third-order valence-electron chi connectivity index (χ3n) is 2.83. The van der Waals surface area contributed by atoms with Crippen LogP contribution in [0.3, 0.4) is 0 Å².